The third-order valence-corrected chi connectivity index (χ3v) is 6.55. The molecular weight excluding hydrogens is 518 g/mol. The van der Waals surface area contributed by atoms with E-state index < -0.39 is 16.0 Å². The van der Waals surface area contributed by atoms with Crippen molar-refractivity contribution in [1.29, 1.82) is 5.26 Å². The van der Waals surface area contributed by atoms with E-state index >= 15 is 0 Å². The number of nitrogens with one attached hydrogen (secondary N) is 2. The fourth-order valence-electron chi connectivity index (χ4n) is 3.21. The molecule has 0 aliphatic rings. The van der Waals surface area contributed by atoms with Gasteiger partial charge in [0.2, 0.25) is 5.91 Å². The molecule has 0 unspecified atom stereocenters. The summed E-state index contributed by atoms with van der Waals surface area (Å²) in [5.41, 5.74) is 1.59. The predicted molar refractivity (Wildman–Crippen MR) is 140 cm³/mol. The Morgan fingerprint density at radius 1 is 1.03 bits per heavy atom. The Morgan fingerprint density at radius 2 is 1.73 bits per heavy atom. The molecule has 0 fully saturated rings. The van der Waals surface area contributed by atoms with E-state index in [0.29, 0.717) is 27.5 Å². The van der Waals surface area contributed by atoms with Crippen LogP contribution in [0.25, 0.3) is 6.08 Å². The number of anilines is 2. The first-order valence-corrected chi connectivity index (χ1v) is 12.5. The average molecular weight is 540 g/mol. The Labute approximate surface area is 219 Å². The molecular formula is C26H22ClN3O6S. The van der Waals surface area contributed by atoms with Crippen LogP contribution in [0.1, 0.15) is 18.1 Å². The number of halogens is 1. The van der Waals surface area contributed by atoms with E-state index in [0.717, 1.165) is 0 Å². The number of hydrogen-bond donors (Lipinski definition) is 2. The van der Waals surface area contributed by atoms with Crippen LogP contribution in [0.4, 0.5) is 11.4 Å². The van der Waals surface area contributed by atoms with Gasteiger partial charge in [-0.3, -0.25) is 9.59 Å². The van der Waals surface area contributed by atoms with Crippen LogP contribution in [0, 0.1) is 18.3 Å². The fraction of sp³-hybridized carbons (Fsp3) is 0.115. The van der Waals surface area contributed by atoms with Crippen LogP contribution < -0.4 is 19.6 Å². The summed E-state index contributed by atoms with van der Waals surface area (Å²) in [5, 5.41) is 15.1. The number of carbonyl (C=O) groups is 2. The molecule has 0 spiro atoms. The minimum absolute atomic E-state index is 0.116. The first kappa shape index (κ1) is 27.3. The zero-order valence-corrected chi connectivity index (χ0v) is 21.6. The SMILES string of the molecule is COc1ccc(/C=C(\C#N)C(=O)Nc2c(C)cccc2Cl)cc1OS(=O)(=O)c1ccc(NC(C)=O)cc1. The lowest BCUT2D eigenvalue weighted by molar-refractivity contribution is -0.114. The van der Waals surface area contributed by atoms with Crippen LogP contribution in [0.5, 0.6) is 11.5 Å². The van der Waals surface area contributed by atoms with E-state index in [2.05, 4.69) is 10.6 Å². The van der Waals surface area contributed by atoms with E-state index in [4.69, 9.17) is 20.5 Å². The van der Waals surface area contributed by atoms with Gasteiger partial charge in [-0.1, -0.05) is 29.8 Å². The molecule has 0 aliphatic carbocycles. The lowest BCUT2D eigenvalue weighted by Gasteiger charge is -2.12. The Kier molecular flexibility index (Phi) is 8.55. The second-order valence-corrected chi connectivity index (χ2v) is 9.66. The number of ether oxygens (including phenoxy) is 1. The summed E-state index contributed by atoms with van der Waals surface area (Å²) < 4.78 is 36.2. The first-order valence-electron chi connectivity index (χ1n) is 10.7. The molecule has 3 aromatic carbocycles. The van der Waals surface area contributed by atoms with Crippen molar-refractivity contribution in [2.24, 2.45) is 0 Å². The highest BCUT2D eigenvalue weighted by Gasteiger charge is 2.20. The van der Waals surface area contributed by atoms with Gasteiger partial charge in [-0.25, -0.2) is 0 Å². The van der Waals surface area contributed by atoms with Gasteiger partial charge < -0.3 is 19.6 Å². The number of aryl methyl sites for hydroxylation is 1. The highest BCUT2D eigenvalue weighted by Crippen LogP contribution is 2.32. The normalized spacial score (nSPS) is 11.3. The first-order chi connectivity index (χ1) is 17.5. The Balaban J connectivity index is 1.89. The lowest BCUT2D eigenvalue weighted by atomic mass is 10.1. The highest BCUT2D eigenvalue weighted by molar-refractivity contribution is 7.87. The van der Waals surface area contributed by atoms with Crippen molar-refractivity contribution in [3.63, 3.8) is 0 Å². The average Bonchev–Trinajstić information content (AvgIpc) is 2.84. The number of hydrogen-bond acceptors (Lipinski definition) is 7. The van der Waals surface area contributed by atoms with Crippen molar-refractivity contribution in [3.8, 4) is 17.6 Å². The quantitative estimate of drug-likeness (QED) is 0.235. The van der Waals surface area contributed by atoms with Gasteiger partial charge in [-0.15, -0.1) is 0 Å². The molecule has 0 heterocycles. The summed E-state index contributed by atoms with van der Waals surface area (Å²) >= 11 is 6.16. The van der Waals surface area contributed by atoms with Crippen molar-refractivity contribution < 1.29 is 26.9 Å². The number of amides is 2. The number of nitrogens with zero attached hydrogens (tertiary/aromatic N) is 1. The monoisotopic (exact) mass is 539 g/mol. The molecule has 11 heteroatoms. The highest BCUT2D eigenvalue weighted by atomic mass is 35.5. The summed E-state index contributed by atoms with van der Waals surface area (Å²) in [6, 6.07) is 16.7. The molecule has 2 N–H and O–H groups in total. The van der Waals surface area contributed by atoms with Crippen LogP contribution in [0.15, 0.2) is 71.1 Å². The second kappa shape index (κ2) is 11.6. The number of benzene rings is 3. The van der Waals surface area contributed by atoms with Crippen LogP contribution >= 0.6 is 11.6 Å². The van der Waals surface area contributed by atoms with E-state index in [1.165, 1.54) is 62.6 Å². The Morgan fingerprint density at radius 3 is 2.32 bits per heavy atom. The second-order valence-electron chi connectivity index (χ2n) is 7.71. The molecule has 0 aromatic heterocycles. The molecule has 3 aromatic rings. The van der Waals surface area contributed by atoms with E-state index in [1.54, 1.807) is 25.1 Å². The Bertz CT molecular complexity index is 1510. The minimum atomic E-state index is -4.28. The summed E-state index contributed by atoms with van der Waals surface area (Å²) in [4.78, 5) is 23.8. The smallest absolute Gasteiger partial charge is 0.339 e. The Hall–Kier alpha value is -4.33. The van der Waals surface area contributed by atoms with Crippen molar-refractivity contribution in [2.75, 3.05) is 17.7 Å². The van der Waals surface area contributed by atoms with Gasteiger partial charge >= 0.3 is 10.1 Å². The van der Waals surface area contributed by atoms with E-state index in [9.17, 15) is 23.3 Å². The third kappa shape index (κ3) is 6.88. The van der Waals surface area contributed by atoms with Gasteiger partial charge in [0.1, 0.15) is 16.5 Å². The van der Waals surface area contributed by atoms with Crippen LogP contribution in [-0.4, -0.2) is 27.3 Å². The van der Waals surface area contributed by atoms with Crippen molar-refractivity contribution in [3.05, 3.63) is 82.4 Å². The number of carbonyl (C=O) groups excluding carboxylic acids is 2. The molecule has 37 heavy (non-hydrogen) atoms. The molecule has 0 saturated heterocycles. The molecule has 190 valence electrons. The maximum atomic E-state index is 12.9. The fourth-order valence-corrected chi connectivity index (χ4v) is 4.41. The summed E-state index contributed by atoms with van der Waals surface area (Å²) in [6.45, 7) is 3.10. The zero-order chi connectivity index (χ0) is 27.2. The number of nitriles is 1. The van der Waals surface area contributed by atoms with Gasteiger partial charge in [0.25, 0.3) is 5.91 Å². The van der Waals surface area contributed by atoms with Gasteiger partial charge in [0, 0.05) is 12.6 Å². The summed E-state index contributed by atoms with van der Waals surface area (Å²) in [7, 11) is -2.94. The van der Waals surface area contributed by atoms with E-state index in [1.807, 2.05) is 6.07 Å². The maximum absolute atomic E-state index is 12.9. The maximum Gasteiger partial charge on any atom is 0.339 e. The molecule has 9 nitrogen and oxygen atoms in total. The topological polar surface area (TPSA) is 135 Å². The third-order valence-electron chi connectivity index (χ3n) is 4.99. The summed E-state index contributed by atoms with van der Waals surface area (Å²) in [5.74, 6) is -1.02. The lowest BCUT2D eigenvalue weighted by Crippen LogP contribution is -2.14. The molecule has 3 rings (SSSR count). The number of rotatable bonds is 8. The van der Waals surface area contributed by atoms with Crippen LogP contribution in [0.2, 0.25) is 5.02 Å². The predicted octanol–water partition coefficient (Wildman–Crippen LogP) is 4.93. The van der Waals surface area contributed by atoms with Crippen molar-refractivity contribution >= 4 is 51.0 Å². The molecule has 0 aliphatic heterocycles. The zero-order valence-electron chi connectivity index (χ0n) is 20.0. The number of para-hydroxylation sites is 1. The largest absolute Gasteiger partial charge is 0.493 e. The van der Waals surface area contributed by atoms with Crippen molar-refractivity contribution in [2.45, 2.75) is 18.7 Å². The molecule has 0 bridgehead atoms. The van der Waals surface area contributed by atoms with Gasteiger partial charge in [-0.2, -0.15) is 13.7 Å². The molecule has 2 amide bonds. The summed E-state index contributed by atoms with van der Waals surface area (Å²) in [6.07, 6.45) is 1.28. The number of methoxy groups -OCH3 is 1. The van der Waals surface area contributed by atoms with Crippen LogP contribution in [-0.2, 0) is 19.7 Å². The molecule has 0 saturated carbocycles. The minimum Gasteiger partial charge on any atom is -0.493 e. The standard InChI is InChI=1S/C26H22ClN3O6S/c1-16-5-4-6-22(27)25(16)30-26(32)19(15-28)13-18-7-12-23(35-3)24(14-18)36-37(33,34)21-10-8-20(9-11-21)29-17(2)31/h4-14H,1-3H3,(H,29,31)(H,30,32)/b19-13+. The van der Waals surface area contributed by atoms with Gasteiger partial charge in [0.15, 0.2) is 11.5 Å². The molecule has 0 radical (unpaired) electrons. The van der Waals surface area contributed by atoms with E-state index in [-0.39, 0.29) is 27.9 Å². The van der Waals surface area contributed by atoms with Crippen molar-refractivity contribution in [1.82, 2.24) is 0 Å². The van der Waals surface area contributed by atoms with Gasteiger partial charge in [-0.05, 0) is 66.6 Å². The van der Waals surface area contributed by atoms with Gasteiger partial charge in [0.05, 0.1) is 17.8 Å². The molecule has 0 atom stereocenters. The van der Waals surface area contributed by atoms with Crippen LogP contribution in [0.3, 0.4) is 0 Å².